The minimum atomic E-state index is -3.12. The average molecular weight is 495 g/mol. The van der Waals surface area contributed by atoms with E-state index in [4.69, 9.17) is 4.74 Å². The lowest BCUT2D eigenvalue weighted by Gasteiger charge is -2.22. The Morgan fingerprint density at radius 3 is 2.61 bits per heavy atom. The number of ether oxygens (including phenoxy) is 1. The third kappa shape index (κ3) is 4.22. The number of benzene rings is 3. The molecule has 0 spiro atoms. The monoisotopic (exact) mass is 494 g/mol. The quantitative estimate of drug-likeness (QED) is 0.425. The topological polar surface area (TPSA) is 69.2 Å². The zero-order chi connectivity index (χ0) is 24.7. The van der Waals surface area contributed by atoms with E-state index in [1.807, 2.05) is 36.4 Å². The van der Waals surface area contributed by atoms with Crippen molar-refractivity contribution in [2.24, 2.45) is 0 Å². The van der Waals surface area contributed by atoms with Gasteiger partial charge in [-0.15, -0.1) is 0 Å². The fraction of sp³-hybridized carbons (Fsp3) is 0.200. The minimum Gasteiger partial charge on any atom is -0.489 e. The van der Waals surface area contributed by atoms with Crippen LogP contribution in [0.1, 0.15) is 23.1 Å². The summed E-state index contributed by atoms with van der Waals surface area (Å²) in [6.07, 6.45) is 12.7. The first-order valence-electron chi connectivity index (χ1n) is 12.1. The van der Waals surface area contributed by atoms with E-state index in [1.54, 1.807) is 18.6 Å². The SMILES string of the molecule is CS(=O)(=O)C1CC=c2ccc3c(c2C1)CC=c1c(-c2cnccn2)cc(OCc2ccccc2)cc1=3. The van der Waals surface area contributed by atoms with Crippen LogP contribution in [0.15, 0.2) is 73.2 Å². The molecular weight excluding hydrogens is 468 g/mol. The molecule has 2 aliphatic rings. The number of sulfone groups is 1. The van der Waals surface area contributed by atoms with Crippen LogP contribution in [-0.2, 0) is 29.3 Å². The summed E-state index contributed by atoms with van der Waals surface area (Å²) in [6.45, 7) is 0.464. The van der Waals surface area contributed by atoms with E-state index in [2.05, 4.69) is 40.3 Å². The van der Waals surface area contributed by atoms with Gasteiger partial charge in [0.25, 0.3) is 0 Å². The van der Waals surface area contributed by atoms with E-state index >= 15 is 0 Å². The Hall–Kier alpha value is -3.77. The summed E-state index contributed by atoms with van der Waals surface area (Å²) in [5.74, 6) is 0.762. The maximum absolute atomic E-state index is 12.3. The second-order valence-corrected chi connectivity index (χ2v) is 11.8. The lowest BCUT2D eigenvalue weighted by molar-refractivity contribution is 0.306. The summed E-state index contributed by atoms with van der Waals surface area (Å²) in [6, 6.07) is 18.5. The highest BCUT2D eigenvalue weighted by molar-refractivity contribution is 7.91. The first-order valence-corrected chi connectivity index (χ1v) is 14.0. The molecule has 0 bridgehead atoms. The third-order valence-electron chi connectivity index (χ3n) is 7.15. The standard InChI is InChI=1S/C30H26N2O3S/c1-36(33,34)23-9-7-21-8-10-25-24(27(21)17-23)11-12-26-28(25)15-22(35-19-20-5-3-2-4-6-20)16-29(26)30-18-31-13-14-32-30/h2-8,10,12-16,18,23H,9,11,17,19H2,1H3. The molecule has 0 fully saturated rings. The van der Waals surface area contributed by atoms with Crippen LogP contribution >= 0.6 is 0 Å². The van der Waals surface area contributed by atoms with Crippen LogP contribution in [0.4, 0.5) is 0 Å². The predicted molar refractivity (Wildman–Crippen MR) is 141 cm³/mol. The fourth-order valence-electron chi connectivity index (χ4n) is 5.27. The van der Waals surface area contributed by atoms with Crippen molar-refractivity contribution in [3.8, 4) is 17.0 Å². The molecule has 1 atom stereocenters. The van der Waals surface area contributed by atoms with Crippen molar-refractivity contribution in [1.29, 1.82) is 0 Å². The van der Waals surface area contributed by atoms with Gasteiger partial charge >= 0.3 is 0 Å². The van der Waals surface area contributed by atoms with E-state index < -0.39 is 9.84 Å². The van der Waals surface area contributed by atoms with Gasteiger partial charge in [0.05, 0.1) is 17.1 Å². The van der Waals surface area contributed by atoms with Gasteiger partial charge in [0.2, 0.25) is 0 Å². The van der Waals surface area contributed by atoms with Crippen molar-refractivity contribution >= 4 is 22.0 Å². The van der Waals surface area contributed by atoms with Gasteiger partial charge in [-0.05, 0) is 69.0 Å². The van der Waals surface area contributed by atoms with Crippen LogP contribution in [0.5, 0.6) is 5.75 Å². The molecule has 0 saturated carbocycles. The van der Waals surface area contributed by atoms with Crippen LogP contribution in [0.25, 0.3) is 23.4 Å². The first kappa shape index (κ1) is 22.7. The van der Waals surface area contributed by atoms with Gasteiger partial charge in [0.1, 0.15) is 12.4 Å². The Labute approximate surface area is 210 Å². The van der Waals surface area contributed by atoms with Crippen LogP contribution in [0.3, 0.4) is 0 Å². The summed E-state index contributed by atoms with van der Waals surface area (Å²) in [4.78, 5) is 8.86. The predicted octanol–water partition coefficient (Wildman–Crippen LogP) is 3.49. The van der Waals surface area contributed by atoms with E-state index in [0.29, 0.717) is 19.4 Å². The van der Waals surface area contributed by atoms with Gasteiger partial charge < -0.3 is 4.74 Å². The zero-order valence-electron chi connectivity index (χ0n) is 20.0. The molecule has 1 heterocycles. The van der Waals surface area contributed by atoms with E-state index in [1.165, 1.54) is 11.8 Å². The number of hydrogen-bond donors (Lipinski definition) is 0. The van der Waals surface area contributed by atoms with Gasteiger partial charge in [-0.2, -0.15) is 0 Å². The van der Waals surface area contributed by atoms with Gasteiger partial charge in [-0.25, -0.2) is 8.42 Å². The summed E-state index contributed by atoms with van der Waals surface area (Å²) in [5, 5.41) is 4.09. The molecule has 36 heavy (non-hydrogen) atoms. The summed E-state index contributed by atoms with van der Waals surface area (Å²) in [7, 11) is -3.12. The van der Waals surface area contributed by atoms with Crippen molar-refractivity contribution in [3.05, 3.63) is 111 Å². The van der Waals surface area contributed by atoms with Gasteiger partial charge in [-0.3, -0.25) is 9.97 Å². The molecule has 6 heteroatoms. The molecular formula is C30H26N2O3S. The van der Waals surface area contributed by atoms with Crippen molar-refractivity contribution < 1.29 is 13.2 Å². The summed E-state index contributed by atoms with van der Waals surface area (Å²) in [5.41, 5.74) is 5.22. The Kier molecular flexibility index (Phi) is 5.69. The Balaban J connectivity index is 1.57. The highest BCUT2D eigenvalue weighted by atomic mass is 32.2. The highest BCUT2D eigenvalue weighted by Crippen LogP contribution is 2.25. The molecule has 0 amide bonds. The largest absolute Gasteiger partial charge is 0.489 e. The molecule has 4 aromatic rings. The number of aromatic nitrogens is 2. The van der Waals surface area contributed by atoms with Crippen LogP contribution in [0.2, 0.25) is 0 Å². The van der Waals surface area contributed by atoms with Gasteiger partial charge in [-0.1, -0.05) is 54.6 Å². The molecule has 0 saturated heterocycles. The molecule has 3 aromatic carbocycles. The van der Waals surface area contributed by atoms with Crippen molar-refractivity contribution in [2.75, 3.05) is 6.26 Å². The number of hydrogen-bond acceptors (Lipinski definition) is 5. The Morgan fingerprint density at radius 1 is 0.972 bits per heavy atom. The Bertz CT molecular complexity index is 1790. The van der Waals surface area contributed by atoms with Crippen molar-refractivity contribution in [1.82, 2.24) is 9.97 Å². The number of fused-ring (bicyclic) bond motifs is 4. The lowest BCUT2D eigenvalue weighted by atomic mass is 9.87. The molecule has 1 aromatic heterocycles. The molecule has 2 aliphatic carbocycles. The third-order valence-corrected chi connectivity index (χ3v) is 8.72. The van der Waals surface area contributed by atoms with Crippen LogP contribution < -0.4 is 15.2 Å². The fourth-order valence-corrected chi connectivity index (χ4v) is 6.19. The normalized spacial score (nSPS) is 16.1. The number of nitrogens with zero attached hydrogens (tertiary/aromatic N) is 2. The minimum absolute atomic E-state index is 0.367. The van der Waals surface area contributed by atoms with Gasteiger partial charge in [0.15, 0.2) is 9.84 Å². The second kappa shape index (κ2) is 9.03. The van der Waals surface area contributed by atoms with Crippen LogP contribution in [0, 0.1) is 10.4 Å². The molecule has 5 nitrogen and oxygen atoms in total. The summed E-state index contributed by atoms with van der Waals surface area (Å²) < 4.78 is 30.9. The molecule has 1 unspecified atom stereocenters. The maximum Gasteiger partial charge on any atom is 0.150 e. The summed E-state index contributed by atoms with van der Waals surface area (Å²) >= 11 is 0. The van der Waals surface area contributed by atoms with E-state index in [9.17, 15) is 8.42 Å². The highest BCUT2D eigenvalue weighted by Gasteiger charge is 2.25. The maximum atomic E-state index is 12.3. The number of rotatable bonds is 5. The molecule has 6 rings (SSSR count). The van der Waals surface area contributed by atoms with Crippen LogP contribution in [-0.4, -0.2) is 29.9 Å². The van der Waals surface area contributed by atoms with Gasteiger partial charge in [0, 0.05) is 24.2 Å². The smallest absolute Gasteiger partial charge is 0.150 e. The lowest BCUT2D eigenvalue weighted by Crippen LogP contribution is -2.31. The average Bonchev–Trinajstić information content (AvgIpc) is 2.91. The van der Waals surface area contributed by atoms with E-state index in [0.717, 1.165) is 55.4 Å². The van der Waals surface area contributed by atoms with Crippen molar-refractivity contribution in [3.63, 3.8) is 0 Å². The molecule has 180 valence electrons. The molecule has 0 radical (unpaired) electrons. The second-order valence-electron chi connectivity index (χ2n) is 9.46. The Morgan fingerprint density at radius 2 is 1.83 bits per heavy atom. The zero-order valence-corrected chi connectivity index (χ0v) is 20.8. The molecule has 0 aliphatic heterocycles. The first-order chi connectivity index (χ1) is 17.5. The van der Waals surface area contributed by atoms with Crippen molar-refractivity contribution in [2.45, 2.75) is 31.1 Å². The van der Waals surface area contributed by atoms with E-state index in [-0.39, 0.29) is 5.25 Å². The molecule has 0 N–H and O–H groups in total.